The van der Waals surface area contributed by atoms with Crippen LogP contribution in [0.4, 0.5) is 0 Å². The molecule has 5 nitrogen and oxygen atoms in total. The van der Waals surface area contributed by atoms with Crippen molar-refractivity contribution in [1.29, 1.82) is 0 Å². The largest absolute Gasteiger partial charge is 0.393 e. The first-order valence-electron chi connectivity index (χ1n) is 12.5. The van der Waals surface area contributed by atoms with Gasteiger partial charge in [-0.15, -0.1) is 12.4 Å². The molecule has 5 rings (SSSR count). The molecule has 1 saturated heterocycles. The normalized spacial score (nSPS) is 50.4. The maximum Gasteiger partial charge on any atom is 0.141 e. The van der Waals surface area contributed by atoms with Crippen LogP contribution in [0, 0.1) is 40.4 Å². The minimum Gasteiger partial charge on any atom is -0.393 e. The number of rotatable bonds is 3. The van der Waals surface area contributed by atoms with E-state index in [1.807, 2.05) is 0 Å². The molecule has 5 fully saturated rings. The summed E-state index contributed by atoms with van der Waals surface area (Å²) in [6, 6.07) is 0. The monoisotopic (exact) mass is 452 g/mol. The van der Waals surface area contributed by atoms with E-state index in [0.29, 0.717) is 29.5 Å². The van der Waals surface area contributed by atoms with Crippen LogP contribution < -0.4 is 5.32 Å². The number of nitrogens with one attached hydrogen (secondary N) is 1. The maximum absolute atomic E-state index is 12.7. The number of carbonyl (C=O) groups excluding carboxylic acids is 1. The Balaban J connectivity index is 0.00000231. The summed E-state index contributed by atoms with van der Waals surface area (Å²) in [6.45, 7) is 8.82. The van der Waals surface area contributed by atoms with E-state index < -0.39 is 0 Å². The number of halogens is 1. The Labute approximate surface area is 193 Å². The van der Waals surface area contributed by atoms with Crippen LogP contribution in [0.5, 0.6) is 0 Å². The van der Waals surface area contributed by atoms with Crippen LogP contribution in [0.15, 0.2) is 5.16 Å². The van der Waals surface area contributed by atoms with Crippen LogP contribution in [-0.4, -0.2) is 41.9 Å². The number of aliphatic hydroxyl groups excluding tert-OH is 1. The predicted molar refractivity (Wildman–Crippen MR) is 124 cm³/mol. The lowest BCUT2D eigenvalue weighted by atomic mass is 9.43. The molecule has 4 saturated carbocycles. The highest BCUT2D eigenvalue weighted by Crippen LogP contribution is 2.66. The lowest BCUT2D eigenvalue weighted by molar-refractivity contribution is -0.161. The van der Waals surface area contributed by atoms with Gasteiger partial charge in [-0.3, -0.25) is 4.79 Å². The summed E-state index contributed by atoms with van der Waals surface area (Å²) in [6.07, 6.45) is 8.88. The molecule has 0 aromatic carbocycles. The van der Waals surface area contributed by atoms with Crippen LogP contribution in [0.25, 0.3) is 0 Å². The zero-order valence-corrected chi connectivity index (χ0v) is 20.3. The molecule has 0 spiro atoms. The summed E-state index contributed by atoms with van der Waals surface area (Å²) in [7, 11) is 0. The van der Waals surface area contributed by atoms with Crippen molar-refractivity contribution in [3.63, 3.8) is 0 Å². The van der Waals surface area contributed by atoms with Crippen LogP contribution in [-0.2, 0) is 9.63 Å². The average Bonchev–Trinajstić information content (AvgIpc) is 3.34. The molecule has 0 radical (unpaired) electrons. The fraction of sp³-hybridized carbons (Fsp3) is 0.920. The van der Waals surface area contributed by atoms with E-state index in [1.165, 1.54) is 5.71 Å². The molecular formula is C25H41ClN2O3. The summed E-state index contributed by atoms with van der Waals surface area (Å²) < 4.78 is 0. The van der Waals surface area contributed by atoms with Crippen molar-refractivity contribution in [3.8, 4) is 0 Å². The molecule has 5 aliphatic rings. The van der Waals surface area contributed by atoms with Crippen LogP contribution in [0.1, 0.15) is 78.6 Å². The lowest BCUT2D eigenvalue weighted by Crippen LogP contribution is -2.60. The second-order valence-corrected chi connectivity index (χ2v) is 11.4. The number of oxime groups is 1. The highest BCUT2D eigenvalue weighted by molar-refractivity contribution is 5.88. The van der Waals surface area contributed by atoms with Gasteiger partial charge in [-0.25, -0.2) is 0 Å². The second-order valence-electron chi connectivity index (χ2n) is 11.4. The molecule has 0 aromatic rings. The standard InChI is InChI=1S/C25H40N2O3.ClH/c1-4-16-20(27-30-15-9-12-26-14-15)8-11-25(3)19-7-10-24(2)18(5-6-22(24)29)17(19)13-21(28)23(16)25;/h15-19,21,23,26,28H,4-14H2,1-3H3;1H/b27-20-;/t15-,16+,17+,18+,19+,21+,23?,24+,25-;/m1./s1. The van der Waals surface area contributed by atoms with E-state index in [-0.39, 0.29) is 41.4 Å². The van der Waals surface area contributed by atoms with E-state index >= 15 is 0 Å². The van der Waals surface area contributed by atoms with Gasteiger partial charge in [-0.05, 0) is 80.6 Å². The van der Waals surface area contributed by atoms with Gasteiger partial charge < -0.3 is 15.3 Å². The highest BCUT2D eigenvalue weighted by Gasteiger charge is 2.63. The smallest absolute Gasteiger partial charge is 0.141 e. The van der Waals surface area contributed by atoms with Crippen molar-refractivity contribution in [2.24, 2.45) is 45.6 Å². The number of Topliss-reactive ketones (excluding diaryl/α,β-unsaturated/α-hetero) is 1. The van der Waals surface area contributed by atoms with E-state index in [0.717, 1.165) is 70.9 Å². The first kappa shape index (κ1) is 23.5. The minimum atomic E-state index is -0.294. The fourth-order valence-corrected chi connectivity index (χ4v) is 8.65. The Bertz CT molecular complexity index is 724. The number of hydrogen-bond donors (Lipinski definition) is 2. The lowest BCUT2D eigenvalue weighted by Gasteiger charge is -2.62. The third-order valence-corrected chi connectivity index (χ3v) is 10.2. The third-order valence-electron chi connectivity index (χ3n) is 10.2. The molecule has 0 bridgehead atoms. The molecule has 4 aliphatic carbocycles. The van der Waals surface area contributed by atoms with Crippen molar-refractivity contribution >= 4 is 23.9 Å². The SMILES string of the molecule is CC[C@H]1/C(=N\O[C@@H]2CCNC2)CC[C@@]2(C)C1[C@@H](O)C[C@@H]1[C@@H]2CC[C@]2(C)C(=O)CC[C@@H]12.Cl. The number of hydrogen-bond acceptors (Lipinski definition) is 5. The molecule has 2 N–H and O–H groups in total. The fourth-order valence-electron chi connectivity index (χ4n) is 8.65. The molecule has 9 atom stereocenters. The molecule has 1 unspecified atom stereocenters. The Morgan fingerprint density at radius 3 is 2.68 bits per heavy atom. The van der Waals surface area contributed by atoms with Gasteiger partial charge in [0, 0.05) is 30.7 Å². The highest BCUT2D eigenvalue weighted by atomic mass is 35.5. The predicted octanol–water partition coefficient (Wildman–Crippen LogP) is 4.36. The molecule has 0 aromatic heterocycles. The molecule has 31 heavy (non-hydrogen) atoms. The van der Waals surface area contributed by atoms with E-state index in [2.05, 4.69) is 31.2 Å². The summed E-state index contributed by atoms with van der Waals surface area (Å²) in [5.41, 5.74) is 1.20. The molecule has 6 heteroatoms. The minimum absolute atomic E-state index is 0. The second kappa shape index (κ2) is 8.61. The maximum atomic E-state index is 12.7. The quantitative estimate of drug-likeness (QED) is 0.624. The van der Waals surface area contributed by atoms with E-state index in [9.17, 15) is 9.90 Å². The number of fused-ring (bicyclic) bond motifs is 5. The number of nitrogens with zero attached hydrogens (tertiary/aromatic N) is 1. The Morgan fingerprint density at radius 1 is 1.16 bits per heavy atom. The number of carbonyl (C=O) groups is 1. The van der Waals surface area contributed by atoms with E-state index in [4.69, 9.17) is 4.84 Å². The van der Waals surface area contributed by atoms with Gasteiger partial charge in [-0.2, -0.15) is 0 Å². The summed E-state index contributed by atoms with van der Waals surface area (Å²) in [5, 5.41) is 19.5. The Hall–Kier alpha value is -0.650. The molecular weight excluding hydrogens is 412 g/mol. The van der Waals surface area contributed by atoms with Gasteiger partial charge >= 0.3 is 0 Å². The van der Waals surface area contributed by atoms with Gasteiger partial charge in [0.1, 0.15) is 11.9 Å². The summed E-state index contributed by atoms with van der Waals surface area (Å²) in [4.78, 5) is 18.6. The first-order valence-corrected chi connectivity index (χ1v) is 12.5. The van der Waals surface area contributed by atoms with Crippen LogP contribution in [0.2, 0.25) is 0 Å². The molecule has 176 valence electrons. The van der Waals surface area contributed by atoms with Gasteiger partial charge in [0.25, 0.3) is 0 Å². The van der Waals surface area contributed by atoms with Gasteiger partial charge in [-0.1, -0.05) is 25.9 Å². The van der Waals surface area contributed by atoms with Crippen LogP contribution >= 0.6 is 12.4 Å². The van der Waals surface area contributed by atoms with Gasteiger partial charge in [0.15, 0.2) is 0 Å². The van der Waals surface area contributed by atoms with Crippen LogP contribution in [0.3, 0.4) is 0 Å². The molecule has 1 aliphatic heterocycles. The zero-order valence-electron chi connectivity index (χ0n) is 19.4. The Kier molecular flexibility index (Phi) is 6.53. The van der Waals surface area contributed by atoms with Crippen molar-refractivity contribution in [1.82, 2.24) is 5.32 Å². The summed E-state index contributed by atoms with van der Waals surface area (Å²) >= 11 is 0. The topological polar surface area (TPSA) is 70.9 Å². The number of aliphatic hydroxyl groups is 1. The van der Waals surface area contributed by atoms with Crippen molar-refractivity contribution < 1.29 is 14.7 Å². The first-order chi connectivity index (χ1) is 14.4. The van der Waals surface area contributed by atoms with Gasteiger partial charge in [0.05, 0.1) is 11.8 Å². The molecule has 1 heterocycles. The molecule has 0 amide bonds. The summed E-state index contributed by atoms with van der Waals surface area (Å²) in [5.74, 6) is 2.67. The average molecular weight is 453 g/mol. The van der Waals surface area contributed by atoms with Crippen molar-refractivity contribution in [2.75, 3.05) is 13.1 Å². The number of ketones is 1. The van der Waals surface area contributed by atoms with E-state index in [1.54, 1.807) is 0 Å². The van der Waals surface area contributed by atoms with Gasteiger partial charge in [0.2, 0.25) is 0 Å². The Morgan fingerprint density at radius 2 is 1.97 bits per heavy atom. The zero-order chi connectivity index (χ0) is 21.1. The third kappa shape index (κ3) is 3.58. The van der Waals surface area contributed by atoms with Crippen molar-refractivity contribution in [3.05, 3.63) is 0 Å². The van der Waals surface area contributed by atoms with Crippen molar-refractivity contribution in [2.45, 2.75) is 90.8 Å².